The third-order valence-corrected chi connectivity index (χ3v) is 1.14. The minimum Gasteiger partial charge on any atom is -0.466 e. The van der Waals surface area contributed by atoms with E-state index in [9.17, 15) is 14.4 Å². The van der Waals surface area contributed by atoms with E-state index in [0.717, 1.165) is 0 Å². The first kappa shape index (κ1) is 11.6. The smallest absolute Gasteiger partial charge is 0.315 e. The van der Waals surface area contributed by atoms with Crippen molar-refractivity contribution in [3.8, 4) is 0 Å². The summed E-state index contributed by atoms with van der Waals surface area (Å²) in [6.45, 7) is 3.22. The Morgan fingerprint density at radius 1 is 1.31 bits per heavy atom. The number of amides is 1. The SMILES string of the molecule is CCOC(=O)CC(=O)NCC(C)=O. The summed E-state index contributed by atoms with van der Waals surface area (Å²) in [6.07, 6.45) is -0.332. The van der Waals surface area contributed by atoms with Crippen molar-refractivity contribution >= 4 is 17.7 Å². The number of rotatable bonds is 5. The molecule has 0 aliphatic heterocycles. The molecule has 1 amide bonds. The predicted octanol–water partition coefficient (Wildman–Crippen LogP) is -0.355. The van der Waals surface area contributed by atoms with Gasteiger partial charge < -0.3 is 10.1 Å². The maximum Gasteiger partial charge on any atom is 0.315 e. The summed E-state index contributed by atoms with van der Waals surface area (Å²) in [5.41, 5.74) is 0. The summed E-state index contributed by atoms with van der Waals surface area (Å²) < 4.78 is 4.53. The molecule has 0 aromatic carbocycles. The summed E-state index contributed by atoms with van der Waals surface area (Å²) >= 11 is 0. The van der Waals surface area contributed by atoms with E-state index in [1.807, 2.05) is 0 Å². The van der Waals surface area contributed by atoms with Crippen molar-refractivity contribution in [1.29, 1.82) is 0 Å². The second kappa shape index (κ2) is 6.16. The zero-order chi connectivity index (χ0) is 10.3. The van der Waals surface area contributed by atoms with Crippen LogP contribution in [-0.2, 0) is 19.1 Å². The Labute approximate surface area is 76.4 Å². The second-order valence-corrected chi connectivity index (χ2v) is 2.46. The lowest BCUT2D eigenvalue weighted by atomic mass is 10.4. The Hall–Kier alpha value is -1.39. The number of hydrogen-bond acceptors (Lipinski definition) is 4. The minimum absolute atomic E-state index is 0.0434. The minimum atomic E-state index is -0.580. The van der Waals surface area contributed by atoms with Crippen LogP contribution in [0.5, 0.6) is 0 Å². The van der Waals surface area contributed by atoms with Crippen molar-refractivity contribution < 1.29 is 19.1 Å². The third kappa shape index (κ3) is 6.99. The van der Waals surface area contributed by atoms with Crippen molar-refractivity contribution in [1.82, 2.24) is 5.32 Å². The van der Waals surface area contributed by atoms with Gasteiger partial charge in [-0.3, -0.25) is 14.4 Å². The molecule has 13 heavy (non-hydrogen) atoms. The molecule has 0 spiro atoms. The van der Waals surface area contributed by atoms with E-state index < -0.39 is 11.9 Å². The molecule has 74 valence electrons. The fraction of sp³-hybridized carbons (Fsp3) is 0.625. The van der Waals surface area contributed by atoms with Gasteiger partial charge in [-0.25, -0.2) is 0 Å². The summed E-state index contributed by atoms with van der Waals surface area (Å²) in [4.78, 5) is 32.0. The summed E-state index contributed by atoms with van der Waals surface area (Å²) in [6, 6.07) is 0. The number of Topliss-reactive ketones (excluding diaryl/α,β-unsaturated/α-hetero) is 1. The third-order valence-electron chi connectivity index (χ3n) is 1.14. The van der Waals surface area contributed by atoms with Crippen molar-refractivity contribution in [3.05, 3.63) is 0 Å². The number of esters is 1. The second-order valence-electron chi connectivity index (χ2n) is 2.46. The van der Waals surface area contributed by atoms with Crippen LogP contribution in [0.25, 0.3) is 0 Å². The highest BCUT2D eigenvalue weighted by Crippen LogP contribution is 1.85. The Balaban J connectivity index is 3.62. The molecule has 0 rings (SSSR count). The molecule has 0 aliphatic rings. The average molecular weight is 187 g/mol. The lowest BCUT2D eigenvalue weighted by molar-refractivity contribution is -0.146. The zero-order valence-corrected chi connectivity index (χ0v) is 7.75. The van der Waals surface area contributed by atoms with Crippen LogP contribution in [0, 0.1) is 0 Å². The molecular weight excluding hydrogens is 174 g/mol. The number of carbonyl (C=O) groups is 3. The van der Waals surface area contributed by atoms with Crippen molar-refractivity contribution in [2.75, 3.05) is 13.2 Å². The molecule has 0 aromatic heterocycles. The first-order valence-corrected chi connectivity index (χ1v) is 3.98. The van der Waals surface area contributed by atoms with E-state index in [4.69, 9.17) is 0 Å². The molecule has 0 bridgehead atoms. The van der Waals surface area contributed by atoms with Gasteiger partial charge in [0.25, 0.3) is 0 Å². The van der Waals surface area contributed by atoms with E-state index in [-0.39, 0.29) is 25.4 Å². The van der Waals surface area contributed by atoms with Crippen LogP contribution in [0.2, 0.25) is 0 Å². The molecule has 0 saturated heterocycles. The Morgan fingerprint density at radius 2 is 1.92 bits per heavy atom. The molecule has 0 heterocycles. The molecule has 0 fully saturated rings. The van der Waals surface area contributed by atoms with Crippen LogP contribution in [-0.4, -0.2) is 30.8 Å². The number of ketones is 1. The largest absolute Gasteiger partial charge is 0.466 e. The Morgan fingerprint density at radius 3 is 2.38 bits per heavy atom. The lowest BCUT2D eigenvalue weighted by Gasteiger charge is -2.02. The molecule has 0 radical (unpaired) electrons. The molecule has 1 N–H and O–H groups in total. The summed E-state index contributed by atoms with van der Waals surface area (Å²) in [7, 11) is 0. The van der Waals surface area contributed by atoms with E-state index in [0.29, 0.717) is 0 Å². The van der Waals surface area contributed by atoms with Gasteiger partial charge in [0.05, 0.1) is 13.2 Å². The van der Waals surface area contributed by atoms with Gasteiger partial charge in [-0.05, 0) is 13.8 Å². The molecular formula is C8H13NO4. The van der Waals surface area contributed by atoms with E-state index >= 15 is 0 Å². The van der Waals surface area contributed by atoms with Crippen LogP contribution in [0.15, 0.2) is 0 Å². The highest BCUT2D eigenvalue weighted by atomic mass is 16.5. The Kier molecular flexibility index (Phi) is 5.50. The Bertz CT molecular complexity index is 212. The van der Waals surface area contributed by atoms with Crippen molar-refractivity contribution in [2.24, 2.45) is 0 Å². The summed E-state index contributed by atoms with van der Waals surface area (Å²) in [5.74, 6) is -1.23. The van der Waals surface area contributed by atoms with E-state index in [2.05, 4.69) is 10.1 Å². The van der Waals surface area contributed by atoms with Gasteiger partial charge in [-0.2, -0.15) is 0 Å². The number of ether oxygens (including phenoxy) is 1. The fourth-order valence-electron chi connectivity index (χ4n) is 0.629. The van der Waals surface area contributed by atoms with Gasteiger partial charge in [0.2, 0.25) is 5.91 Å². The van der Waals surface area contributed by atoms with Gasteiger partial charge in [-0.15, -0.1) is 0 Å². The van der Waals surface area contributed by atoms with Gasteiger partial charge in [0.15, 0.2) is 0 Å². The topological polar surface area (TPSA) is 72.5 Å². The van der Waals surface area contributed by atoms with Gasteiger partial charge in [-0.1, -0.05) is 0 Å². The van der Waals surface area contributed by atoms with Crippen molar-refractivity contribution in [2.45, 2.75) is 20.3 Å². The molecule has 0 atom stereocenters. The highest BCUT2D eigenvalue weighted by molar-refractivity contribution is 5.95. The monoisotopic (exact) mass is 187 g/mol. The summed E-state index contributed by atoms with van der Waals surface area (Å²) in [5, 5.41) is 2.28. The molecule has 5 nitrogen and oxygen atoms in total. The fourth-order valence-corrected chi connectivity index (χ4v) is 0.629. The maximum atomic E-state index is 10.9. The molecule has 0 aliphatic carbocycles. The first-order valence-electron chi connectivity index (χ1n) is 3.98. The zero-order valence-electron chi connectivity index (χ0n) is 7.75. The standard InChI is InChI=1S/C8H13NO4/c1-3-13-8(12)4-7(11)9-5-6(2)10/h3-5H2,1-2H3,(H,9,11). The maximum absolute atomic E-state index is 10.9. The molecule has 0 aromatic rings. The van der Waals surface area contributed by atoms with Crippen LogP contribution >= 0.6 is 0 Å². The van der Waals surface area contributed by atoms with Crippen LogP contribution in [0.1, 0.15) is 20.3 Å². The van der Waals surface area contributed by atoms with Crippen LogP contribution < -0.4 is 5.32 Å². The van der Waals surface area contributed by atoms with Crippen LogP contribution in [0.4, 0.5) is 0 Å². The number of hydrogen-bond donors (Lipinski definition) is 1. The van der Waals surface area contributed by atoms with Crippen molar-refractivity contribution in [3.63, 3.8) is 0 Å². The van der Waals surface area contributed by atoms with Gasteiger partial charge in [0, 0.05) is 0 Å². The number of nitrogens with one attached hydrogen (secondary N) is 1. The molecule has 0 saturated carbocycles. The quantitative estimate of drug-likeness (QED) is 0.471. The lowest BCUT2D eigenvalue weighted by Crippen LogP contribution is -2.30. The van der Waals surface area contributed by atoms with E-state index in [1.54, 1.807) is 6.92 Å². The highest BCUT2D eigenvalue weighted by Gasteiger charge is 2.09. The molecule has 5 heteroatoms. The van der Waals surface area contributed by atoms with Gasteiger partial charge in [0.1, 0.15) is 12.2 Å². The molecule has 0 unspecified atom stereocenters. The predicted molar refractivity (Wildman–Crippen MR) is 44.9 cm³/mol. The van der Waals surface area contributed by atoms with Gasteiger partial charge >= 0.3 is 5.97 Å². The first-order chi connectivity index (χ1) is 6.06. The van der Waals surface area contributed by atoms with Crippen LogP contribution in [0.3, 0.4) is 0 Å². The average Bonchev–Trinajstić information content (AvgIpc) is 2.01. The van der Waals surface area contributed by atoms with E-state index in [1.165, 1.54) is 6.92 Å². The normalized spacial score (nSPS) is 9.08. The number of carbonyl (C=O) groups excluding carboxylic acids is 3.